The minimum Gasteiger partial charge on any atom is -0.487 e. The quantitative estimate of drug-likeness (QED) is 0.430. The zero-order valence-electron chi connectivity index (χ0n) is 16.1. The SMILES string of the molecule is O=C(NCCc1coc(-c2ccccc2)n1)Nc1cccc(OCc2cscn2)c1. The Balaban J connectivity index is 1.23. The highest BCUT2D eigenvalue weighted by Gasteiger charge is 2.08. The number of nitrogens with one attached hydrogen (secondary N) is 2. The van der Waals surface area contributed by atoms with E-state index in [1.807, 2.05) is 47.8 Å². The van der Waals surface area contributed by atoms with Gasteiger partial charge >= 0.3 is 6.03 Å². The lowest BCUT2D eigenvalue weighted by Gasteiger charge is -2.09. The lowest BCUT2D eigenvalue weighted by Crippen LogP contribution is -2.30. The topological polar surface area (TPSA) is 89.3 Å². The van der Waals surface area contributed by atoms with E-state index in [-0.39, 0.29) is 6.03 Å². The van der Waals surface area contributed by atoms with Crippen LogP contribution in [0.5, 0.6) is 5.75 Å². The van der Waals surface area contributed by atoms with E-state index in [2.05, 4.69) is 20.6 Å². The molecule has 0 aliphatic rings. The van der Waals surface area contributed by atoms with Crippen molar-refractivity contribution < 1.29 is 13.9 Å². The fourth-order valence-corrected chi connectivity index (χ4v) is 3.29. The Morgan fingerprint density at radius 1 is 1.10 bits per heavy atom. The lowest BCUT2D eigenvalue weighted by atomic mass is 10.2. The van der Waals surface area contributed by atoms with Gasteiger partial charge in [-0.1, -0.05) is 24.3 Å². The van der Waals surface area contributed by atoms with Crippen LogP contribution in [0.25, 0.3) is 11.5 Å². The van der Waals surface area contributed by atoms with E-state index in [9.17, 15) is 4.79 Å². The van der Waals surface area contributed by atoms with Crippen molar-refractivity contribution in [3.05, 3.63) is 83.1 Å². The summed E-state index contributed by atoms with van der Waals surface area (Å²) in [5.74, 6) is 1.24. The lowest BCUT2D eigenvalue weighted by molar-refractivity contribution is 0.252. The van der Waals surface area contributed by atoms with E-state index in [0.29, 0.717) is 36.9 Å². The van der Waals surface area contributed by atoms with Crippen molar-refractivity contribution in [2.45, 2.75) is 13.0 Å². The number of anilines is 1. The van der Waals surface area contributed by atoms with Crippen molar-refractivity contribution >= 4 is 23.1 Å². The third-order valence-corrected chi connectivity index (χ3v) is 4.84. The van der Waals surface area contributed by atoms with Gasteiger partial charge in [0.05, 0.1) is 16.9 Å². The van der Waals surface area contributed by atoms with Crippen LogP contribution in [0.1, 0.15) is 11.4 Å². The van der Waals surface area contributed by atoms with E-state index in [4.69, 9.17) is 9.15 Å². The first-order valence-electron chi connectivity index (χ1n) is 9.41. The van der Waals surface area contributed by atoms with E-state index in [1.165, 1.54) is 11.3 Å². The first-order valence-corrected chi connectivity index (χ1v) is 10.4. The van der Waals surface area contributed by atoms with Crippen molar-refractivity contribution in [3.8, 4) is 17.2 Å². The van der Waals surface area contributed by atoms with Crippen LogP contribution in [0.15, 0.2) is 76.2 Å². The largest absolute Gasteiger partial charge is 0.487 e. The number of aromatic nitrogens is 2. The highest BCUT2D eigenvalue weighted by Crippen LogP contribution is 2.19. The van der Waals surface area contributed by atoms with Gasteiger partial charge in [0, 0.05) is 35.7 Å². The summed E-state index contributed by atoms with van der Waals surface area (Å²) in [6.07, 6.45) is 2.19. The molecule has 0 aliphatic heterocycles. The first-order chi connectivity index (χ1) is 14.8. The molecule has 0 saturated heterocycles. The minimum absolute atomic E-state index is 0.293. The molecule has 2 heterocycles. The van der Waals surface area contributed by atoms with Crippen molar-refractivity contribution in [1.29, 1.82) is 0 Å². The van der Waals surface area contributed by atoms with Crippen LogP contribution >= 0.6 is 11.3 Å². The van der Waals surface area contributed by atoms with Gasteiger partial charge in [-0.05, 0) is 24.3 Å². The van der Waals surface area contributed by atoms with Crippen molar-refractivity contribution in [1.82, 2.24) is 15.3 Å². The number of thiazole rings is 1. The molecule has 0 spiro atoms. The van der Waals surface area contributed by atoms with E-state index < -0.39 is 0 Å². The summed E-state index contributed by atoms with van der Waals surface area (Å²) in [7, 11) is 0. The zero-order valence-corrected chi connectivity index (χ0v) is 16.9. The molecule has 30 heavy (non-hydrogen) atoms. The van der Waals surface area contributed by atoms with E-state index in [1.54, 1.807) is 23.9 Å². The maximum absolute atomic E-state index is 12.2. The molecule has 2 amide bonds. The summed E-state index contributed by atoms with van der Waals surface area (Å²) in [5.41, 5.74) is 5.00. The molecule has 0 bridgehead atoms. The number of benzene rings is 2. The van der Waals surface area contributed by atoms with Gasteiger partial charge in [-0.15, -0.1) is 11.3 Å². The Kier molecular flexibility index (Phi) is 6.36. The van der Waals surface area contributed by atoms with Gasteiger partial charge in [0.2, 0.25) is 5.89 Å². The third kappa shape index (κ3) is 5.45. The van der Waals surface area contributed by atoms with Crippen molar-refractivity contribution in [2.75, 3.05) is 11.9 Å². The summed E-state index contributed by atoms with van der Waals surface area (Å²) in [6.45, 7) is 0.828. The fraction of sp³-hybridized carbons (Fsp3) is 0.136. The van der Waals surface area contributed by atoms with Crippen LogP contribution in [0.4, 0.5) is 10.5 Å². The van der Waals surface area contributed by atoms with Crippen molar-refractivity contribution in [3.63, 3.8) is 0 Å². The average Bonchev–Trinajstić information content (AvgIpc) is 3.45. The molecule has 0 fully saturated rings. The predicted octanol–water partition coefficient (Wildman–Crippen LogP) is 4.74. The molecule has 2 aromatic carbocycles. The molecule has 152 valence electrons. The molecular weight excluding hydrogens is 400 g/mol. The van der Waals surface area contributed by atoms with E-state index >= 15 is 0 Å². The normalized spacial score (nSPS) is 10.5. The molecule has 0 atom stereocenters. The summed E-state index contributed by atoms with van der Waals surface area (Å²) >= 11 is 1.53. The molecule has 4 aromatic rings. The molecule has 0 unspecified atom stereocenters. The molecule has 2 aromatic heterocycles. The van der Waals surface area contributed by atoms with Crippen LogP contribution < -0.4 is 15.4 Å². The van der Waals surface area contributed by atoms with E-state index in [0.717, 1.165) is 17.0 Å². The van der Waals surface area contributed by atoms with Gasteiger partial charge in [-0.3, -0.25) is 0 Å². The number of urea groups is 1. The molecule has 8 heteroatoms. The number of nitrogens with zero attached hydrogens (tertiary/aromatic N) is 2. The number of hydrogen-bond acceptors (Lipinski definition) is 6. The van der Waals surface area contributed by atoms with Gasteiger partial charge in [0.15, 0.2) is 0 Å². The second kappa shape index (κ2) is 9.71. The van der Waals surface area contributed by atoms with Crippen LogP contribution in [-0.2, 0) is 13.0 Å². The Morgan fingerprint density at radius 2 is 2.00 bits per heavy atom. The maximum atomic E-state index is 12.2. The molecule has 0 radical (unpaired) electrons. The van der Waals surface area contributed by atoms with Crippen LogP contribution in [0.2, 0.25) is 0 Å². The number of oxazole rings is 1. The number of carbonyl (C=O) groups is 1. The summed E-state index contributed by atoms with van der Waals surface area (Å²) in [6, 6.07) is 16.6. The number of rotatable bonds is 8. The minimum atomic E-state index is -0.293. The second-order valence-electron chi connectivity index (χ2n) is 6.44. The number of hydrogen-bond donors (Lipinski definition) is 2. The average molecular weight is 420 g/mol. The zero-order chi connectivity index (χ0) is 20.6. The molecule has 7 nitrogen and oxygen atoms in total. The predicted molar refractivity (Wildman–Crippen MR) is 116 cm³/mol. The monoisotopic (exact) mass is 420 g/mol. The third-order valence-electron chi connectivity index (χ3n) is 4.20. The number of ether oxygens (including phenoxy) is 1. The highest BCUT2D eigenvalue weighted by molar-refractivity contribution is 7.07. The summed E-state index contributed by atoms with van der Waals surface area (Å²) in [5, 5.41) is 7.56. The number of amides is 2. The Morgan fingerprint density at radius 3 is 2.83 bits per heavy atom. The van der Waals surface area contributed by atoms with Crippen LogP contribution in [0.3, 0.4) is 0 Å². The van der Waals surface area contributed by atoms with Gasteiger partial charge in [0.1, 0.15) is 18.6 Å². The molecule has 0 aliphatic carbocycles. The van der Waals surface area contributed by atoms with Gasteiger partial charge in [-0.2, -0.15) is 0 Å². The smallest absolute Gasteiger partial charge is 0.319 e. The van der Waals surface area contributed by atoms with Gasteiger partial charge in [-0.25, -0.2) is 14.8 Å². The maximum Gasteiger partial charge on any atom is 0.319 e. The Labute approximate surface area is 177 Å². The highest BCUT2D eigenvalue weighted by atomic mass is 32.1. The van der Waals surface area contributed by atoms with Crippen LogP contribution in [0, 0.1) is 0 Å². The van der Waals surface area contributed by atoms with Gasteiger partial charge < -0.3 is 19.8 Å². The van der Waals surface area contributed by atoms with Crippen molar-refractivity contribution in [2.24, 2.45) is 0 Å². The van der Waals surface area contributed by atoms with Gasteiger partial charge in [0.25, 0.3) is 0 Å². The number of carbonyl (C=O) groups excluding carboxylic acids is 1. The standard InChI is InChI=1S/C22H20N4O3S/c27-22(23-10-9-18-12-29-21(25-18)16-5-2-1-3-6-16)26-17-7-4-8-20(11-17)28-13-19-14-30-15-24-19/h1-8,11-12,14-15H,9-10,13H2,(H2,23,26,27). The summed E-state index contributed by atoms with van der Waals surface area (Å²) in [4.78, 5) is 20.8. The Hall–Kier alpha value is -3.65. The first kappa shape index (κ1) is 19.7. The molecule has 4 rings (SSSR count). The van der Waals surface area contributed by atoms with Crippen LogP contribution in [-0.4, -0.2) is 22.5 Å². The molecule has 0 saturated carbocycles. The second-order valence-corrected chi connectivity index (χ2v) is 7.16. The fourth-order valence-electron chi connectivity index (χ4n) is 2.74. The summed E-state index contributed by atoms with van der Waals surface area (Å²) < 4.78 is 11.2. The molecular formula is C22H20N4O3S. The Bertz CT molecular complexity index is 1080. The molecule has 2 N–H and O–H groups in total.